The number of aromatic nitrogens is 3. The minimum atomic E-state index is -0.495. The number of halogens is 2. The summed E-state index contributed by atoms with van der Waals surface area (Å²) in [5, 5.41) is 8.93. The van der Waals surface area contributed by atoms with Crippen LogP contribution in [0.25, 0.3) is 5.70 Å². The highest BCUT2D eigenvalue weighted by Crippen LogP contribution is 2.52. The molecule has 2 atom stereocenters. The predicted octanol–water partition coefficient (Wildman–Crippen LogP) is 6.47. The van der Waals surface area contributed by atoms with Gasteiger partial charge in [0.25, 0.3) is 0 Å². The van der Waals surface area contributed by atoms with Gasteiger partial charge in [-0.15, -0.1) is 5.10 Å². The van der Waals surface area contributed by atoms with Gasteiger partial charge in [-0.05, 0) is 54.3 Å². The molecule has 2 aliphatic rings. The normalized spacial score (nSPS) is 18.2. The van der Waals surface area contributed by atoms with Crippen molar-refractivity contribution >= 4 is 39.3 Å². The van der Waals surface area contributed by atoms with Crippen LogP contribution in [0.3, 0.4) is 0 Å². The molecule has 0 fully saturated rings. The predicted molar refractivity (Wildman–Crippen MR) is 137 cm³/mol. The van der Waals surface area contributed by atoms with Crippen molar-refractivity contribution in [2.45, 2.75) is 17.3 Å². The number of para-hydroxylation sites is 1. The van der Waals surface area contributed by atoms with E-state index < -0.39 is 6.10 Å². The highest BCUT2D eigenvalue weighted by Gasteiger charge is 2.42. The minimum Gasteiger partial charge on any atom is -0.496 e. The fourth-order valence-electron chi connectivity index (χ4n) is 4.68. The zero-order valence-corrected chi connectivity index (χ0v) is 21.2. The Balaban J connectivity index is 1.65. The number of rotatable bonds is 4. The van der Waals surface area contributed by atoms with Crippen LogP contribution in [0, 0.1) is 5.82 Å². The van der Waals surface area contributed by atoms with E-state index in [1.165, 1.54) is 23.9 Å². The maximum absolute atomic E-state index is 13.9. The first-order chi connectivity index (χ1) is 17.1. The SMILES string of the molecule is COc1ccc(Br)cc1C1Oc2ccccc2C2=C1C(c1ccc(F)cc1)n1nc(SC)nc1N2. The van der Waals surface area contributed by atoms with Crippen molar-refractivity contribution in [3.05, 3.63) is 99.3 Å². The van der Waals surface area contributed by atoms with Crippen LogP contribution < -0.4 is 14.8 Å². The molecule has 0 bridgehead atoms. The lowest BCUT2D eigenvalue weighted by atomic mass is 9.84. The number of ether oxygens (including phenoxy) is 2. The molecule has 2 unspecified atom stereocenters. The number of thioether (sulfide) groups is 1. The summed E-state index contributed by atoms with van der Waals surface area (Å²) < 4.78 is 29.1. The molecule has 0 amide bonds. The molecular weight excluding hydrogens is 531 g/mol. The first-order valence-electron chi connectivity index (χ1n) is 10.9. The Kier molecular flexibility index (Phi) is 5.53. The lowest BCUT2D eigenvalue weighted by Gasteiger charge is -2.39. The molecule has 176 valence electrons. The molecule has 0 aliphatic carbocycles. The van der Waals surface area contributed by atoms with Crippen molar-refractivity contribution in [1.29, 1.82) is 0 Å². The zero-order valence-electron chi connectivity index (χ0n) is 18.8. The molecule has 9 heteroatoms. The zero-order chi connectivity index (χ0) is 24.1. The Morgan fingerprint density at radius 2 is 1.91 bits per heavy atom. The van der Waals surface area contributed by atoms with Crippen molar-refractivity contribution in [1.82, 2.24) is 14.8 Å². The Labute approximate surface area is 214 Å². The molecule has 3 aromatic carbocycles. The quantitative estimate of drug-likeness (QED) is 0.294. The highest BCUT2D eigenvalue weighted by molar-refractivity contribution is 9.10. The molecule has 1 aromatic heterocycles. The van der Waals surface area contributed by atoms with Crippen LogP contribution in [0.1, 0.15) is 28.8 Å². The maximum Gasteiger partial charge on any atom is 0.227 e. The number of hydrogen-bond donors (Lipinski definition) is 1. The molecule has 3 heterocycles. The lowest BCUT2D eigenvalue weighted by Crippen LogP contribution is -2.32. The summed E-state index contributed by atoms with van der Waals surface area (Å²) in [7, 11) is 1.65. The Hall–Kier alpha value is -3.30. The Bertz CT molecular complexity index is 1470. The second kappa shape index (κ2) is 8.73. The lowest BCUT2D eigenvalue weighted by molar-refractivity contribution is 0.217. The van der Waals surface area contributed by atoms with Gasteiger partial charge >= 0.3 is 0 Å². The average molecular weight is 551 g/mol. The summed E-state index contributed by atoms with van der Waals surface area (Å²) >= 11 is 5.07. The summed E-state index contributed by atoms with van der Waals surface area (Å²) in [4.78, 5) is 4.69. The third kappa shape index (κ3) is 3.70. The second-order valence-corrected chi connectivity index (χ2v) is 9.85. The molecule has 1 N–H and O–H groups in total. The van der Waals surface area contributed by atoms with Crippen molar-refractivity contribution in [2.24, 2.45) is 0 Å². The molecule has 0 spiro atoms. The van der Waals surface area contributed by atoms with Gasteiger partial charge < -0.3 is 14.8 Å². The highest BCUT2D eigenvalue weighted by atomic mass is 79.9. The van der Waals surface area contributed by atoms with E-state index in [0.717, 1.165) is 38.2 Å². The topological polar surface area (TPSA) is 61.2 Å². The molecule has 4 aromatic rings. The van der Waals surface area contributed by atoms with Crippen LogP contribution in [0.5, 0.6) is 11.5 Å². The molecule has 0 saturated heterocycles. The Morgan fingerprint density at radius 1 is 1.11 bits per heavy atom. The Morgan fingerprint density at radius 3 is 2.69 bits per heavy atom. The van der Waals surface area contributed by atoms with E-state index in [9.17, 15) is 4.39 Å². The van der Waals surface area contributed by atoms with E-state index in [2.05, 4.69) is 21.2 Å². The summed E-state index contributed by atoms with van der Waals surface area (Å²) in [6, 6.07) is 19.9. The van der Waals surface area contributed by atoms with Gasteiger partial charge in [0.05, 0.1) is 12.8 Å². The van der Waals surface area contributed by atoms with Gasteiger partial charge in [0.15, 0.2) is 6.10 Å². The molecule has 6 nitrogen and oxygen atoms in total. The molecule has 2 aliphatic heterocycles. The standard InChI is InChI=1S/C26H20BrFN4O2S/c1-33-19-12-9-15(27)13-18(19)24-21-22(17-5-3-4-6-20(17)34-24)29-25-30-26(35-2)31-32(25)23(21)14-7-10-16(28)11-8-14/h3-13,23-24H,1-2H3,(H,29,30,31). The number of fused-ring (bicyclic) bond motifs is 3. The van der Waals surface area contributed by atoms with Crippen LogP contribution in [-0.2, 0) is 0 Å². The number of anilines is 1. The number of hydrogen-bond acceptors (Lipinski definition) is 6. The third-order valence-corrected chi connectivity index (χ3v) is 7.23. The van der Waals surface area contributed by atoms with Crippen LogP contribution in [-0.4, -0.2) is 28.1 Å². The van der Waals surface area contributed by atoms with Gasteiger partial charge in [0.2, 0.25) is 11.1 Å². The van der Waals surface area contributed by atoms with Crippen molar-refractivity contribution < 1.29 is 13.9 Å². The van der Waals surface area contributed by atoms with Crippen molar-refractivity contribution in [2.75, 3.05) is 18.7 Å². The number of nitrogens with zero attached hydrogens (tertiary/aromatic N) is 3. The van der Waals surface area contributed by atoms with Gasteiger partial charge in [-0.25, -0.2) is 9.07 Å². The van der Waals surface area contributed by atoms with Gasteiger partial charge in [0, 0.05) is 21.2 Å². The first-order valence-corrected chi connectivity index (χ1v) is 13.0. The molecule has 0 saturated carbocycles. The van der Waals surface area contributed by atoms with E-state index in [-0.39, 0.29) is 11.9 Å². The molecule has 6 rings (SSSR count). The third-order valence-electron chi connectivity index (χ3n) is 6.20. The minimum absolute atomic E-state index is 0.295. The first kappa shape index (κ1) is 22.2. The molecule has 35 heavy (non-hydrogen) atoms. The average Bonchev–Trinajstić information content (AvgIpc) is 3.30. The molecular formula is C26H20BrFN4O2S. The van der Waals surface area contributed by atoms with Crippen LogP contribution in [0.2, 0.25) is 0 Å². The van der Waals surface area contributed by atoms with Crippen molar-refractivity contribution in [3.63, 3.8) is 0 Å². The fraction of sp³-hybridized carbons (Fsp3) is 0.154. The van der Waals surface area contributed by atoms with Gasteiger partial charge in [-0.1, -0.05) is 52.0 Å². The summed E-state index contributed by atoms with van der Waals surface area (Å²) in [6.07, 6.45) is 1.44. The van der Waals surface area contributed by atoms with E-state index in [1.807, 2.05) is 53.4 Å². The summed E-state index contributed by atoms with van der Waals surface area (Å²) in [6.45, 7) is 0. The van der Waals surface area contributed by atoms with Crippen molar-refractivity contribution in [3.8, 4) is 11.5 Å². The number of methoxy groups -OCH3 is 1. The summed E-state index contributed by atoms with van der Waals surface area (Å²) in [5.41, 5.74) is 4.52. The second-order valence-electron chi connectivity index (χ2n) is 8.16. The van der Waals surface area contributed by atoms with E-state index in [4.69, 9.17) is 19.6 Å². The summed E-state index contributed by atoms with van der Waals surface area (Å²) in [5.74, 6) is 1.79. The van der Waals surface area contributed by atoms with E-state index >= 15 is 0 Å². The van der Waals surface area contributed by atoms with Gasteiger partial charge in [-0.3, -0.25) is 0 Å². The number of nitrogens with one attached hydrogen (secondary N) is 1. The monoisotopic (exact) mass is 550 g/mol. The van der Waals surface area contributed by atoms with Crippen LogP contribution >= 0.6 is 27.7 Å². The molecule has 0 radical (unpaired) electrons. The van der Waals surface area contributed by atoms with Crippen LogP contribution in [0.4, 0.5) is 10.3 Å². The maximum atomic E-state index is 13.9. The van der Waals surface area contributed by atoms with Gasteiger partial charge in [0.1, 0.15) is 23.4 Å². The fourth-order valence-corrected chi connectivity index (χ4v) is 5.40. The smallest absolute Gasteiger partial charge is 0.227 e. The van der Waals surface area contributed by atoms with Gasteiger partial charge in [-0.2, -0.15) is 4.98 Å². The van der Waals surface area contributed by atoms with Crippen LogP contribution in [0.15, 0.2) is 81.9 Å². The van der Waals surface area contributed by atoms with E-state index in [0.29, 0.717) is 16.9 Å². The van der Waals surface area contributed by atoms with E-state index in [1.54, 1.807) is 19.2 Å². The largest absolute Gasteiger partial charge is 0.496 e. The number of benzene rings is 3.